The molecule has 3 nitrogen and oxygen atoms in total. The van der Waals surface area contributed by atoms with Crippen molar-refractivity contribution in [2.45, 2.75) is 26.3 Å². The van der Waals surface area contributed by atoms with Gasteiger partial charge in [-0.3, -0.25) is 0 Å². The summed E-state index contributed by atoms with van der Waals surface area (Å²) in [5, 5.41) is 4.19. The van der Waals surface area contributed by atoms with E-state index in [0.717, 1.165) is 35.5 Å². The number of nitrogens with one attached hydrogen (secondary N) is 1. The molecule has 1 heterocycles. The van der Waals surface area contributed by atoms with Crippen molar-refractivity contribution >= 4 is 33.2 Å². The molecule has 2 atom stereocenters. The van der Waals surface area contributed by atoms with Crippen LogP contribution in [0.1, 0.15) is 20.3 Å². The second kappa shape index (κ2) is 6.82. The maximum atomic E-state index is 6.12. The Morgan fingerprint density at radius 3 is 3.00 bits per heavy atom. The summed E-state index contributed by atoms with van der Waals surface area (Å²) in [6.07, 6.45) is 1.10. The van der Waals surface area contributed by atoms with E-state index in [9.17, 15) is 0 Å². The first-order chi connectivity index (χ1) is 9.11. The molecule has 1 aliphatic rings. The van der Waals surface area contributed by atoms with Crippen LogP contribution in [0.4, 0.5) is 5.69 Å². The van der Waals surface area contributed by atoms with Crippen molar-refractivity contribution in [1.29, 1.82) is 0 Å². The summed E-state index contributed by atoms with van der Waals surface area (Å²) < 4.78 is 12.0. The number of rotatable bonds is 5. The number of benzene rings is 1. The Labute approximate surface area is 127 Å². The fourth-order valence-corrected chi connectivity index (χ4v) is 3.19. The smallest absolute Gasteiger partial charge is 0.156 e. The second-order valence-electron chi connectivity index (χ2n) is 4.75. The highest BCUT2D eigenvalue weighted by Crippen LogP contribution is 2.37. The highest BCUT2D eigenvalue weighted by atomic mass is 79.9. The molecule has 1 fully saturated rings. The van der Waals surface area contributed by atoms with Crippen molar-refractivity contribution in [3.63, 3.8) is 0 Å². The van der Waals surface area contributed by atoms with Gasteiger partial charge in [0.25, 0.3) is 0 Å². The zero-order valence-electron chi connectivity index (χ0n) is 11.2. The number of ether oxygens (including phenoxy) is 2. The predicted molar refractivity (Wildman–Crippen MR) is 82.3 cm³/mol. The predicted octanol–water partition coefficient (Wildman–Crippen LogP) is 4.34. The molecule has 1 aliphatic heterocycles. The van der Waals surface area contributed by atoms with Crippen LogP contribution in [0.15, 0.2) is 16.6 Å². The lowest BCUT2D eigenvalue weighted by atomic mass is 10.0. The average molecular weight is 349 g/mol. The molecule has 106 valence electrons. The molecule has 1 N–H and O–H groups in total. The third kappa shape index (κ3) is 3.77. The molecule has 5 heteroatoms. The van der Waals surface area contributed by atoms with Crippen LogP contribution < -0.4 is 10.1 Å². The lowest BCUT2D eigenvalue weighted by Gasteiger charge is -2.23. The Morgan fingerprint density at radius 1 is 1.58 bits per heavy atom. The SMILES string of the molecule is CCOc1c(Br)cc(Cl)cc1NC(C)C1CCOC1. The van der Waals surface area contributed by atoms with Gasteiger partial charge in [0, 0.05) is 23.6 Å². The normalized spacial score (nSPS) is 20.3. The summed E-state index contributed by atoms with van der Waals surface area (Å²) in [6, 6.07) is 4.08. The van der Waals surface area contributed by atoms with E-state index < -0.39 is 0 Å². The highest BCUT2D eigenvalue weighted by Gasteiger charge is 2.23. The fourth-order valence-electron chi connectivity index (χ4n) is 2.27. The third-order valence-corrected chi connectivity index (χ3v) is 4.16. The minimum Gasteiger partial charge on any atom is -0.491 e. The summed E-state index contributed by atoms with van der Waals surface area (Å²) in [5.74, 6) is 1.35. The Balaban J connectivity index is 2.17. The molecule has 1 aromatic carbocycles. The van der Waals surface area contributed by atoms with Gasteiger partial charge in [-0.2, -0.15) is 0 Å². The summed E-state index contributed by atoms with van der Waals surface area (Å²) in [7, 11) is 0. The number of hydrogen-bond acceptors (Lipinski definition) is 3. The first kappa shape index (κ1) is 14.9. The van der Waals surface area contributed by atoms with Crippen LogP contribution in [0.2, 0.25) is 5.02 Å². The minimum atomic E-state index is 0.326. The first-order valence-electron chi connectivity index (χ1n) is 6.58. The van der Waals surface area contributed by atoms with Gasteiger partial charge in [0.1, 0.15) is 0 Å². The first-order valence-corrected chi connectivity index (χ1v) is 7.75. The van der Waals surface area contributed by atoms with Gasteiger partial charge in [0.05, 0.1) is 23.4 Å². The van der Waals surface area contributed by atoms with Gasteiger partial charge in [0.2, 0.25) is 0 Å². The van der Waals surface area contributed by atoms with Gasteiger partial charge in [-0.1, -0.05) is 11.6 Å². The van der Waals surface area contributed by atoms with Crippen LogP contribution >= 0.6 is 27.5 Å². The van der Waals surface area contributed by atoms with Crippen molar-refractivity contribution in [2.24, 2.45) is 5.92 Å². The van der Waals surface area contributed by atoms with E-state index in [2.05, 4.69) is 28.2 Å². The molecule has 1 aromatic rings. The van der Waals surface area contributed by atoms with E-state index in [1.54, 1.807) is 0 Å². The second-order valence-corrected chi connectivity index (χ2v) is 6.04. The molecule has 1 saturated heterocycles. The van der Waals surface area contributed by atoms with Gasteiger partial charge in [0.15, 0.2) is 5.75 Å². The molecule has 0 amide bonds. The zero-order chi connectivity index (χ0) is 13.8. The lowest BCUT2D eigenvalue weighted by Crippen LogP contribution is -2.26. The van der Waals surface area contributed by atoms with E-state index in [0.29, 0.717) is 23.6 Å². The Hall–Kier alpha value is -0.450. The van der Waals surface area contributed by atoms with Crippen molar-refractivity contribution in [3.8, 4) is 5.75 Å². The van der Waals surface area contributed by atoms with E-state index in [-0.39, 0.29) is 0 Å². The molecule has 0 spiro atoms. The molecule has 0 radical (unpaired) electrons. The van der Waals surface area contributed by atoms with Crippen LogP contribution in [0.5, 0.6) is 5.75 Å². The topological polar surface area (TPSA) is 30.5 Å². The summed E-state index contributed by atoms with van der Waals surface area (Å²) in [4.78, 5) is 0. The van der Waals surface area contributed by atoms with E-state index in [1.807, 2.05) is 19.1 Å². The van der Waals surface area contributed by atoms with Crippen LogP contribution in [0.3, 0.4) is 0 Å². The van der Waals surface area contributed by atoms with Gasteiger partial charge in [-0.05, 0) is 48.3 Å². The minimum absolute atomic E-state index is 0.326. The molecular formula is C14H19BrClNO2. The van der Waals surface area contributed by atoms with Gasteiger partial charge in [-0.25, -0.2) is 0 Å². The Kier molecular flexibility index (Phi) is 5.37. The zero-order valence-corrected chi connectivity index (χ0v) is 13.6. The van der Waals surface area contributed by atoms with Crippen molar-refractivity contribution in [2.75, 3.05) is 25.1 Å². The number of hydrogen-bond donors (Lipinski definition) is 1. The van der Waals surface area contributed by atoms with Crippen molar-refractivity contribution < 1.29 is 9.47 Å². The highest BCUT2D eigenvalue weighted by molar-refractivity contribution is 9.10. The molecule has 0 aliphatic carbocycles. The average Bonchev–Trinajstić information content (AvgIpc) is 2.87. The van der Waals surface area contributed by atoms with Crippen LogP contribution in [0.25, 0.3) is 0 Å². The maximum absolute atomic E-state index is 6.12. The largest absolute Gasteiger partial charge is 0.491 e. The van der Waals surface area contributed by atoms with Gasteiger partial charge < -0.3 is 14.8 Å². The van der Waals surface area contributed by atoms with E-state index in [1.165, 1.54) is 0 Å². The van der Waals surface area contributed by atoms with Crippen LogP contribution in [0, 0.1) is 5.92 Å². The molecule has 0 bridgehead atoms. The standard InChI is InChI=1S/C14H19BrClNO2/c1-3-19-14-12(15)6-11(16)7-13(14)17-9(2)10-4-5-18-8-10/h6-7,9-10,17H,3-5,8H2,1-2H3. The molecular weight excluding hydrogens is 330 g/mol. The van der Waals surface area contributed by atoms with Crippen LogP contribution in [-0.2, 0) is 4.74 Å². The van der Waals surface area contributed by atoms with Gasteiger partial charge >= 0.3 is 0 Å². The quantitative estimate of drug-likeness (QED) is 0.858. The lowest BCUT2D eigenvalue weighted by molar-refractivity contribution is 0.183. The third-order valence-electron chi connectivity index (χ3n) is 3.35. The molecule has 0 aromatic heterocycles. The van der Waals surface area contributed by atoms with Gasteiger partial charge in [-0.15, -0.1) is 0 Å². The van der Waals surface area contributed by atoms with Crippen LogP contribution in [-0.4, -0.2) is 25.9 Å². The molecule has 0 saturated carbocycles. The summed E-state index contributed by atoms with van der Waals surface area (Å²) >= 11 is 9.61. The number of halogens is 2. The Bertz CT molecular complexity index is 436. The van der Waals surface area contributed by atoms with Crippen molar-refractivity contribution in [1.82, 2.24) is 0 Å². The Morgan fingerprint density at radius 2 is 2.37 bits per heavy atom. The summed E-state index contributed by atoms with van der Waals surface area (Å²) in [5.41, 5.74) is 0.931. The molecule has 2 unspecified atom stereocenters. The maximum Gasteiger partial charge on any atom is 0.156 e. The molecule has 19 heavy (non-hydrogen) atoms. The number of anilines is 1. The van der Waals surface area contributed by atoms with E-state index in [4.69, 9.17) is 21.1 Å². The van der Waals surface area contributed by atoms with Crippen molar-refractivity contribution in [3.05, 3.63) is 21.6 Å². The fraction of sp³-hybridized carbons (Fsp3) is 0.571. The monoisotopic (exact) mass is 347 g/mol. The summed E-state index contributed by atoms with van der Waals surface area (Å²) in [6.45, 7) is 6.44. The molecule has 2 rings (SSSR count). The van der Waals surface area contributed by atoms with E-state index >= 15 is 0 Å².